The van der Waals surface area contributed by atoms with Crippen LogP contribution in [0.5, 0.6) is 5.75 Å². The quantitative estimate of drug-likeness (QED) is 0.679. The normalized spacial score (nSPS) is 15.8. The molecule has 28 heavy (non-hydrogen) atoms. The lowest BCUT2D eigenvalue weighted by atomic mass is 9.91. The lowest BCUT2D eigenvalue weighted by molar-refractivity contribution is -0.274. The van der Waals surface area contributed by atoms with Crippen molar-refractivity contribution in [3.05, 3.63) is 54.4 Å². The summed E-state index contributed by atoms with van der Waals surface area (Å²) in [6.45, 7) is 2.20. The number of pyridine rings is 1. The highest BCUT2D eigenvalue weighted by atomic mass is 19.4. The molecule has 3 heterocycles. The van der Waals surface area contributed by atoms with Crippen LogP contribution in [0.25, 0.3) is 16.9 Å². The molecule has 0 radical (unpaired) electrons. The van der Waals surface area contributed by atoms with E-state index in [0.29, 0.717) is 5.56 Å². The van der Waals surface area contributed by atoms with E-state index in [0.717, 1.165) is 36.8 Å². The maximum atomic E-state index is 12.5. The van der Waals surface area contributed by atoms with Crippen molar-refractivity contribution in [2.24, 2.45) is 5.92 Å². The van der Waals surface area contributed by atoms with Gasteiger partial charge in [0.15, 0.2) is 0 Å². The zero-order chi connectivity index (χ0) is 19.6. The lowest BCUT2D eigenvalue weighted by Gasteiger charge is -2.22. The fourth-order valence-electron chi connectivity index (χ4n) is 3.79. The molecule has 0 unspecified atom stereocenters. The van der Waals surface area contributed by atoms with Crippen LogP contribution in [0.1, 0.15) is 24.8 Å². The van der Waals surface area contributed by atoms with Gasteiger partial charge in [-0.05, 0) is 74.5 Å². The van der Waals surface area contributed by atoms with E-state index in [1.54, 1.807) is 18.3 Å². The maximum Gasteiger partial charge on any atom is 0.573 e. The van der Waals surface area contributed by atoms with Crippen LogP contribution in [0.15, 0.2) is 48.8 Å². The van der Waals surface area contributed by atoms with E-state index in [1.807, 2.05) is 10.6 Å². The van der Waals surface area contributed by atoms with Crippen molar-refractivity contribution in [3.63, 3.8) is 0 Å². The summed E-state index contributed by atoms with van der Waals surface area (Å²) in [4.78, 5) is 4.44. The number of alkyl halides is 3. The number of ether oxygens (including phenoxy) is 1. The molecule has 4 rings (SSSR count). The second kappa shape index (κ2) is 7.83. The second-order valence-electron chi connectivity index (χ2n) is 7.21. The second-order valence-corrected chi connectivity index (χ2v) is 7.21. The SMILES string of the molecule is FC(F)(F)Oc1cccc(-c2cnc3cc(CCC4CCNCC4)ccn23)c1. The number of imidazole rings is 1. The highest BCUT2D eigenvalue weighted by Gasteiger charge is 2.31. The van der Waals surface area contributed by atoms with Gasteiger partial charge in [0.2, 0.25) is 0 Å². The van der Waals surface area contributed by atoms with E-state index in [9.17, 15) is 13.2 Å². The molecule has 0 saturated carbocycles. The first-order valence-corrected chi connectivity index (χ1v) is 9.51. The number of fused-ring (bicyclic) bond motifs is 1. The molecule has 0 amide bonds. The van der Waals surface area contributed by atoms with Crippen LogP contribution >= 0.6 is 0 Å². The standard InChI is InChI=1S/C21H22F3N3O/c22-21(23,24)28-18-3-1-2-17(13-18)19-14-26-20-12-16(8-11-27(19)20)5-4-15-6-9-25-10-7-15/h1-3,8,11-15,25H,4-7,9-10H2. The molecule has 0 bridgehead atoms. The fourth-order valence-corrected chi connectivity index (χ4v) is 3.79. The number of nitrogens with zero attached hydrogens (tertiary/aromatic N) is 2. The number of aryl methyl sites for hydroxylation is 1. The first-order valence-electron chi connectivity index (χ1n) is 9.51. The van der Waals surface area contributed by atoms with Crippen LogP contribution in [0.3, 0.4) is 0 Å². The number of aromatic nitrogens is 2. The number of halogens is 3. The van der Waals surface area contributed by atoms with Gasteiger partial charge in [-0.25, -0.2) is 4.98 Å². The summed E-state index contributed by atoms with van der Waals surface area (Å²) in [5.41, 5.74) is 3.38. The summed E-state index contributed by atoms with van der Waals surface area (Å²) in [6, 6.07) is 10.1. The Morgan fingerprint density at radius 3 is 2.75 bits per heavy atom. The zero-order valence-electron chi connectivity index (χ0n) is 15.4. The number of hydrogen-bond acceptors (Lipinski definition) is 3. The molecule has 1 aliphatic rings. The number of hydrogen-bond donors (Lipinski definition) is 1. The van der Waals surface area contributed by atoms with Crippen molar-refractivity contribution >= 4 is 5.65 Å². The van der Waals surface area contributed by atoms with Gasteiger partial charge in [-0.2, -0.15) is 0 Å². The molecular weight excluding hydrogens is 367 g/mol. The van der Waals surface area contributed by atoms with Gasteiger partial charge in [-0.1, -0.05) is 12.1 Å². The van der Waals surface area contributed by atoms with E-state index in [2.05, 4.69) is 27.2 Å². The average Bonchev–Trinajstić information content (AvgIpc) is 3.09. The highest BCUT2D eigenvalue weighted by Crippen LogP contribution is 2.29. The van der Waals surface area contributed by atoms with E-state index in [-0.39, 0.29) is 5.75 Å². The molecule has 1 fully saturated rings. The van der Waals surface area contributed by atoms with Gasteiger partial charge in [0.05, 0.1) is 11.9 Å². The minimum atomic E-state index is -4.71. The van der Waals surface area contributed by atoms with Crippen molar-refractivity contribution in [3.8, 4) is 17.0 Å². The molecule has 1 saturated heterocycles. The largest absolute Gasteiger partial charge is 0.573 e. The molecule has 1 N–H and O–H groups in total. The van der Waals surface area contributed by atoms with E-state index in [1.165, 1.54) is 37.0 Å². The number of rotatable bonds is 5. The zero-order valence-corrected chi connectivity index (χ0v) is 15.4. The van der Waals surface area contributed by atoms with Gasteiger partial charge in [0.1, 0.15) is 11.4 Å². The van der Waals surface area contributed by atoms with Crippen molar-refractivity contribution in [2.75, 3.05) is 13.1 Å². The molecule has 7 heteroatoms. The van der Waals surface area contributed by atoms with Gasteiger partial charge in [-0.3, -0.25) is 4.40 Å². The molecule has 148 valence electrons. The Balaban J connectivity index is 1.52. The van der Waals surface area contributed by atoms with Crippen LogP contribution in [-0.4, -0.2) is 28.8 Å². The Morgan fingerprint density at radius 1 is 1.14 bits per heavy atom. The maximum absolute atomic E-state index is 12.5. The van der Waals surface area contributed by atoms with Crippen molar-refractivity contribution < 1.29 is 17.9 Å². The molecule has 1 aliphatic heterocycles. The lowest BCUT2D eigenvalue weighted by Crippen LogP contribution is -2.27. The van der Waals surface area contributed by atoms with Crippen LogP contribution in [0, 0.1) is 5.92 Å². The highest BCUT2D eigenvalue weighted by molar-refractivity contribution is 5.65. The Kier molecular flexibility index (Phi) is 5.26. The molecule has 4 nitrogen and oxygen atoms in total. The Morgan fingerprint density at radius 2 is 1.96 bits per heavy atom. The van der Waals surface area contributed by atoms with Crippen LogP contribution in [-0.2, 0) is 6.42 Å². The van der Waals surface area contributed by atoms with Gasteiger partial charge < -0.3 is 10.1 Å². The number of benzene rings is 1. The Hall–Kier alpha value is -2.54. The summed E-state index contributed by atoms with van der Waals surface area (Å²) < 4.78 is 43.3. The molecule has 0 aliphatic carbocycles. The van der Waals surface area contributed by atoms with Gasteiger partial charge >= 0.3 is 6.36 Å². The van der Waals surface area contributed by atoms with Crippen LogP contribution < -0.4 is 10.1 Å². The first kappa shape index (κ1) is 18.8. The number of nitrogens with one attached hydrogen (secondary N) is 1. The predicted octanol–water partition coefficient (Wildman–Crippen LogP) is 4.83. The Labute approximate surface area is 161 Å². The molecule has 2 aromatic heterocycles. The summed E-state index contributed by atoms with van der Waals surface area (Å²) in [5, 5.41) is 3.39. The van der Waals surface area contributed by atoms with Gasteiger partial charge in [0, 0.05) is 11.8 Å². The summed E-state index contributed by atoms with van der Waals surface area (Å²) in [7, 11) is 0. The smallest absolute Gasteiger partial charge is 0.406 e. The van der Waals surface area contributed by atoms with Crippen molar-refractivity contribution in [2.45, 2.75) is 32.0 Å². The van der Waals surface area contributed by atoms with Crippen LogP contribution in [0.4, 0.5) is 13.2 Å². The summed E-state index contributed by atoms with van der Waals surface area (Å²) >= 11 is 0. The van der Waals surface area contributed by atoms with Crippen LogP contribution in [0.2, 0.25) is 0 Å². The van der Waals surface area contributed by atoms with E-state index in [4.69, 9.17) is 0 Å². The fraction of sp³-hybridized carbons (Fsp3) is 0.381. The monoisotopic (exact) mass is 389 g/mol. The molecule has 0 spiro atoms. The Bertz CT molecular complexity index is 945. The first-order chi connectivity index (χ1) is 13.5. The molecule has 1 aromatic carbocycles. The van der Waals surface area contributed by atoms with Gasteiger partial charge in [0.25, 0.3) is 0 Å². The third kappa shape index (κ3) is 4.47. The number of piperidine rings is 1. The third-order valence-electron chi connectivity index (χ3n) is 5.24. The third-order valence-corrected chi connectivity index (χ3v) is 5.24. The van der Waals surface area contributed by atoms with Crippen molar-refractivity contribution in [1.29, 1.82) is 0 Å². The minimum absolute atomic E-state index is 0.237. The van der Waals surface area contributed by atoms with E-state index < -0.39 is 6.36 Å². The average molecular weight is 389 g/mol. The summed E-state index contributed by atoms with van der Waals surface area (Å²) in [5.74, 6) is 0.530. The predicted molar refractivity (Wildman–Crippen MR) is 101 cm³/mol. The van der Waals surface area contributed by atoms with Gasteiger partial charge in [-0.15, -0.1) is 13.2 Å². The molecule has 3 aromatic rings. The minimum Gasteiger partial charge on any atom is -0.406 e. The van der Waals surface area contributed by atoms with E-state index >= 15 is 0 Å². The molecule has 0 atom stereocenters. The summed E-state index contributed by atoms with van der Waals surface area (Å²) in [6.07, 6.45) is 3.55. The topological polar surface area (TPSA) is 38.6 Å². The van der Waals surface area contributed by atoms with Crippen molar-refractivity contribution in [1.82, 2.24) is 14.7 Å². The molecular formula is C21H22F3N3O.